The lowest BCUT2D eigenvalue weighted by Crippen LogP contribution is -2.41. The zero-order chi connectivity index (χ0) is 25.3. The van der Waals surface area contributed by atoms with Crippen LogP contribution in [0.5, 0.6) is 11.6 Å². The third-order valence-corrected chi connectivity index (χ3v) is 11.5. The Morgan fingerprint density at radius 1 is 0.971 bits per heavy atom. The van der Waals surface area contributed by atoms with Gasteiger partial charge in [0.2, 0.25) is 5.88 Å². The fraction of sp³-hybridized carbons (Fsp3) is 0.360. The summed E-state index contributed by atoms with van der Waals surface area (Å²) in [5, 5.41) is 9.02. The van der Waals surface area contributed by atoms with Gasteiger partial charge in [0.05, 0.1) is 16.1 Å². The average Bonchev–Trinajstić information content (AvgIpc) is 2.75. The maximum Gasteiger partial charge on any atom is 0.239 e. The topological polar surface area (TPSA) is 70.3 Å². The van der Waals surface area contributed by atoms with Gasteiger partial charge in [0.1, 0.15) is 0 Å². The molecule has 0 aliphatic rings. The van der Waals surface area contributed by atoms with Crippen LogP contribution in [0, 0.1) is 0 Å². The van der Waals surface area contributed by atoms with Crippen LogP contribution in [0.3, 0.4) is 0 Å². The Bertz CT molecular complexity index is 1140. The van der Waals surface area contributed by atoms with Gasteiger partial charge in [-0.3, -0.25) is 0 Å². The lowest BCUT2D eigenvalue weighted by Gasteiger charge is -2.39. The van der Waals surface area contributed by atoms with Crippen LogP contribution in [0.2, 0.25) is 33.3 Å². The van der Waals surface area contributed by atoms with E-state index in [1.165, 1.54) is 0 Å². The summed E-state index contributed by atoms with van der Waals surface area (Å²) in [5.74, 6) is 0.466. The van der Waals surface area contributed by atoms with Gasteiger partial charge in [-0.1, -0.05) is 86.8 Å². The van der Waals surface area contributed by atoms with Crippen molar-refractivity contribution in [1.82, 2.24) is 10.2 Å². The van der Waals surface area contributed by atoms with E-state index in [2.05, 4.69) is 63.1 Å². The van der Waals surface area contributed by atoms with Crippen molar-refractivity contribution in [3.63, 3.8) is 0 Å². The highest BCUT2D eigenvalue weighted by molar-refractivity contribution is 6.74. The first-order valence-corrected chi connectivity index (χ1v) is 15.1. The highest BCUT2D eigenvalue weighted by Crippen LogP contribution is 2.41. The van der Waals surface area contributed by atoms with Crippen LogP contribution in [0.15, 0.2) is 42.5 Å². The Hall–Kier alpha value is -1.83. The molecule has 0 radical (unpaired) electrons. The first-order chi connectivity index (χ1) is 15.8. The second-order valence-electron chi connectivity index (χ2n) is 9.70. The van der Waals surface area contributed by atoms with Gasteiger partial charge in [-0.2, -0.15) is 0 Å². The number of ether oxygens (including phenoxy) is 1. The van der Waals surface area contributed by atoms with E-state index in [0.717, 1.165) is 17.5 Å². The summed E-state index contributed by atoms with van der Waals surface area (Å²) in [4.78, 5) is 0. The molecule has 0 bridgehead atoms. The number of nitrogens with two attached hydrogens (primary N) is 1. The monoisotopic (exact) mass is 537 g/mol. The molecule has 3 rings (SSSR count). The molecule has 0 saturated heterocycles. The fourth-order valence-corrected chi connectivity index (χ4v) is 5.34. The second-order valence-corrected chi connectivity index (χ2v) is 15.6. The molecule has 2 aromatic carbocycles. The molecule has 0 aliphatic heterocycles. The second kappa shape index (κ2) is 10.4. The molecule has 1 heterocycles. The molecular weight excluding hydrogens is 509 g/mol. The zero-order valence-electron chi connectivity index (χ0n) is 20.2. The van der Waals surface area contributed by atoms with Gasteiger partial charge >= 0.3 is 0 Å². The van der Waals surface area contributed by atoms with E-state index in [-0.39, 0.29) is 38.0 Å². The van der Waals surface area contributed by atoms with Crippen molar-refractivity contribution in [2.24, 2.45) is 0 Å². The van der Waals surface area contributed by atoms with Crippen molar-refractivity contribution >= 4 is 48.8 Å². The van der Waals surface area contributed by atoms with Crippen LogP contribution < -0.4 is 10.5 Å². The standard InChI is InChI=1S/C25H30Cl3N3O2Si/c1-7-21(33-34(5,6)25(2,3)4)16-10-8-15(9-11-16)18-14-22(30-31-24(18)28)32-23-19(26)12-17(29)13-20(23)27/h8-14,21H,7,29H2,1-6H3. The van der Waals surface area contributed by atoms with Crippen LogP contribution in [0.1, 0.15) is 45.8 Å². The Morgan fingerprint density at radius 2 is 1.56 bits per heavy atom. The Balaban J connectivity index is 1.87. The van der Waals surface area contributed by atoms with Gasteiger partial charge in [0.25, 0.3) is 0 Å². The first-order valence-electron chi connectivity index (χ1n) is 11.1. The Labute approximate surface area is 217 Å². The Morgan fingerprint density at radius 3 is 2.09 bits per heavy atom. The molecule has 3 aromatic rings. The number of hydrogen-bond donors (Lipinski definition) is 1. The largest absolute Gasteiger partial charge is 0.434 e. The maximum absolute atomic E-state index is 6.66. The average molecular weight is 539 g/mol. The van der Waals surface area contributed by atoms with Crippen molar-refractivity contribution in [3.8, 4) is 22.8 Å². The molecule has 9 heteroatoms. The summed E-state index contributed by atoms with van der Waals surface area (Å²) in [6.45, 7) is 13.4. The van der Waals surface area contributed by atoms with Crippen molar-refractivity contribution < 1.29 is 9.16 Å². The number of hydrogen-bond acceptors (Lipinski definition) is 5. The van der Waals surface area contributed by atoms with E-state index >= 15 is 0 Å². The van der Waals surface area contributed by atoms with Crippen LogP contribution in [0.25, 0.3) is 11.1 Å². The number of benzene rings is 2. The van der Waals surface area contributed by atoms with Crippen molar-refractivity contribution in [2.75, 3.05) is 5.73 Å². The third-order valence-electron chi connectivity index (χ3n) is 6.16. The van der Waals surface area contributed by atoms with Crippen LogP contribution in [-0.2, 0) is 4.43 Å². The summed E-state index contributed by atoms with van der Waals surface area (Å²) >= 11 is 18.8. The van der Waals surface area contributed by atoms with Gasteiger partial charge in [-0.05, 0) is 47.8 Å². The minimum atomic E-state index is -1.90. The highest BCUT2D eigenvalue weighted by Gasteiger charge is 2.39. The number of nitrogen functional groups attached to an aromatic ring is 1. The smallest absolute Gasteiger partial charge is 0.239 e. The zero-order valence-corrected chi connectivity index (χ0v) is 23.5. The minimum Gasteiger partial charge on any atom is -0.434 e. The molecule has 0 amide bonds. The molecule has 0 fully saturated rings. The lowest BCUT2D eigenvalue weighted by atomic mass is 10.0. The van der Waals surface area contributed by atoms with Gasteiger partial charge in [-0.25, -0.2) is 0 Å². The van der Waals surface area contributed by atoms with E-state index in [1.54, 1.807) is 18.2 Å². The molecule has 0 saturated carbocycles. The number of nitrogens with zero attached hydrogens (tertiary/aromatic N) is 2. The molecule has 1 aromatic heterocycles. The highest BCUT2D eigenvalue weighted by atomic mass is 35.5. The van der Waals surface area contributed by atoms with Crippen molar-refractivity contribution in [3.05, 3.63) is 63.2 Å². The summed E-state index contributed by atoms with van der Waals surface area (Å²) in [5.41, 5.74) is 8.89. The maximum atomic E-state index is 6.66. The molecule has 34 heavy (non-hydrogen) atoms. The SMILES string of the molecule is CCC(O[Si](C)(C)C(C)(C)C)c1ccc(-c2cc(Oc3c(Cl)cc(N)cc3Cl)nnc2Cl)cc1. The number of aromatic nitrogens is 2. The molecule has 1 unspecified atom stereocenters. The normalized spacial score (nSPS) is 13.1. The molecule has 1 atom stereocenters. The van der Waals surface area contributed by atoms with Gasteiger partial charge in [0, 0.05) is 17.3 Å². The minimum absolute atomic E-state index is 0.0367. The van der Waals surface area contributed by atoms with Gasteiger partial charge in [-0.15, -0.1) is 10.2 Å². The number of anilines is 1. The number of rotatable bonds is 7. The molecule has 0 aliphatic carbocycles. The van der Waals surface area contributed by atoms with Crippen LogP contribution >= 0.6 is 34.8 Å². The fourth-order valence-electron chi connectivity index (χ4n) is 3.19. The van der Waals surface area contributed by atoms with Crippen LogP contribution in [-0.4, -0.2) is 18.5 Å². The molecule has 0 spiro atoms. The van der Waals surface area contributed by atoms with E-state index in [1.807, 2.05) is 12.1 Å². The lowest BCUT2D eigenvalue weighted by molar-refractivity contribution is 0.179. The number of halogens is 3. The van der Waals surface area contributed by atoms with Crippen molar-refractivity contribution in [2.45, 2.75) is 58.4 Å². The summed E-state index contributed by atoms with van der Waals surface area (Å²) < 4.78 is 12.5. The molecular formula is C25H30Cl3N3O2Si. The predicted octanol–water partition coefficient (Wildman–Crippen LogP) is 8.95. The summed E-state index contributed by atoms with van der Waals surface area (Å²) in [6.07, 6.45) is 0.930. The van der Waals surface area contributed by atoms with E-state index in [9.17, 15) is 0 Å². The van der Waals surface area contributed by atoms with Crippen LogP contribution in [0.4, 0.5) is 5.69 Å². The van der Waals surface area contributed by atoms with Gasteiger partial charge in [0.15, 0.2) is 19.2 Å². The molecule has 182 valence electrons. The van der Waals surface area contributed by atoms with Gasteiger partial charge < -0.3 is 14.9 Å². The summed E-state index contributed by atoms with van der Waals surface area (Å²) in [6, 6.07) is 13.0. The van der Waals surface area contributed by atoms with Crippen molar-refractivity contribution in [1.29, 1.82) is 0 Å². The predicted molar refractivity (Wildman–Crippen MR) is 145 cm³/mol. The molecule has 5 nitrogen and oxygen atoms in total. The van der Waals surface area contributed by atoms with E-state index < -0.39 is 8.32 Å². The first kappa shape index (κ1) is 26.8. The summed E-state index contributed by atoms with van der Waals surface area (Å²) in [7, 11) is -1.90. The van der Waals surface area contributed by atoms with E-state index in [0.29, 0.717) is 11.3 Å². The Kier molecular flexibility index (Phi) is 8.20. The van der Waals surface area contributed by atoms with E-state index in [4.69, 9.17) is 49.7 Å². The third kappa shape index (κ3) is 6.04. The molecule has 2 N–H and O–H groups in total. The quantitative estimate of drug-likeness (QED) is 0.240.